The van der Waals surface area contributed by atoms with E-state index in [2.05, 4.69) is 5.32 Å². The normalized spacial score (nSPS) is 16.6. The number of amides is 2. The minimum atomic E-state index is -3.64. The number of carbonyl (C=O) groups excluding carboxylic acids is 1. The van der Waals surface area contributed by atoms with Crippen LogP contribution in [0.2, 0.25) is 0 Å². The fourth-order valence-corrected chi connectivity index (χ4v) is 4.06. The molecule has 1 atom stereocenters. The number of carbonyl (C=O) groups is 1. The van der Waals surface area contributed by atoms with Crippen LogP contribution in [-0.4, -0.2) is 44.8 Å². The summed E-state index contributed by atoms with van der Waals surface area (Å²) in [7, 11) is -2.06. The number of benzene rings is 2. The summed E-state index contributed by atoms with van der Waals surface area (Å²) in [6, 6.07) is 13.5. The van der Waals surface area contributed by atoms with Crippen molar-refractivity contribution in [1.29, 1.82) is 0 Å². The molecule has 3 rings (SSSR count). The molecule has 1 saturated heterocycles. The van der Waals surface area contributed by atoms with Crippen LogP contribution in [0.15, 0.2) is 48.5 Å². The molecule has 1 aliphatic heterocycles. The van der Waals surface area contributed by atoms with E-state index in [1.54, 1.807) is 43.5 Å². The molecule has 150 valence electrons. The zero-order valence-electron chi connectivity index (χ0n) is 15.5. The predicted octanol–water partition coefficient (Wildman–Crippen LogP) is 2.77. The Hall–Kier alpha value is -2.78. The van der Waals surface area contributed by atoms with E-state index in [-0.39, 0.29) is 11.8 Å². The number of anilines is 1. The molecule has 1 unspecified atom stereocenters. The molecule has 1 heterocycles. The van der Waals surface area contributed by atoms with Crippen LogP contribution in [0.25, 0.3) is 0 Å². The van der Waals surface area contributed by atoms with Crippen molar-refractivity contribution in [2.75, 3.05) is 24.7 Å². The highest BCUT2D eigenvalue weighted by Gasteiger charge is 2.31. The maximum Gasteiger partial charge on any atom is 0.322 e. The smallest absolute Gasteiger partial charge is 0.322 e. The van der Waals surface area contributed by atoms with E-state index in [1.165, 1.54) is 4.90 Å². The lowest BCUT2D eigenvalue weighted by atomic mass is 10.2. The molecule has 2 aromatic carbocycles. The quantitative estimate of drug-likeness (QED) is 0.768. The highest BCUT2D eigenvalue weighted by atomic mass is 32.2. The average Bonchev–Trinajstić information content (AvgIpc) is 3.10. The third kappa shape index (κ3) is 5.14. The summed E-state index contributed by atoms with van der Waals surface area (Å²) in [5.74, 6) is 1.57. The number of para-hydroxylation sites is 2. The number of rotatable bonds is 6. The van der Waals surface area contributed by atoms with Crippen LogP contribution >= 0.6 is 0 Å². The fraction of sp³-hybridized carbons (Fsp3) is 0.316. The van der Waals surface area contributed by atoms with Crippen molar-refractivity contribution < 1.29 is 22.7 Å². The second-order valence-electron chi connectivity index (χ2n) is 6.53. The van der Waals surface area contributed by atoms with Gasteiger partial charge in [-0.2, -0.15) is 0 Å². The molecule has 1 aliphatic rings. The minimum absolute atomic E-state index is 0.230. The van der Waals surface area contributed by atoms with E-state index in [4.69, 9.17) is 14.6 Å². The van der Waals surface area contributed by atoms with Crippen LogP contribution in [0.5, 0.6) is 17.2 Å². The van der Waals surface area contributed by atoms with Gasteiger partial charge in [-0.05, 0) is 49.2 Å². The van der Waals surface area contributed by atoms with Crippen molar-refractivity contribution in [3.05, 3.63) is 48.5 Å². The molecule has 1 fully saturated rings. The van der Waals surface area contributed by atoms with Crippen LogP contribution in [0.3, 0.4) is 0 Å². The first-order valence-electron chi connectivity index (χ1n) is 8.85. The number of nitrogens with one attached hydrogen (secondary N) is 1. The Bertz CT molecular complexity index is 931. The van der Waals surface area contributed by atoms with E-state index >= 15 is 0 Å². The lowest BCUT2D eigenvalue weighted by Crippen LogP contribution is -2.43. The van der Waals surface area contributed by atoms with Gasteiger partial charge in [-0.25, -0.2) is 18.4 Å². The Morgan fingerprint density at radius 3 is 2.50 bits per heavy atom. The number of ether oxygens (including phenoxy) is 2. The standard InChI is InChI=1S/C19H23N3O5S/c1-26-17-6-2-3-7-18(17)27-16-10-8-14(9-11-16)21-19(23)22-12-4-5-15(22)13-28(20,24)25/h2-3,6-11,15H,4-5,12-13H2,1H3,(H,21,23)(H2,20,24,25). The number of hydrogen-bond donors (Lipinski definition) is 2. The Kier molecular flexibility index (Phi) is 6.05. The number of sulfonamides is 1. The Morgan fingerprint density at radius 2 is 1.86 bits per heavy atom. The van der Waals surface area contributed by atoms with Crippen molar-refractivity contribution >= 4 is 21.7 Å². The average molecular weight is 405 g/mol. The first-order chi connectivity index (χ1) is 13.4. The second kappa shape index (κ2) is 8.49. The molecule has 0 aromatic heterocycles. The van der Waals surface area contributed by atoms with Gasteiger partial charge >= 0.3 is 6.03 Å². The van der Waals surface area contributed by atoms with Crippen LogP contribution in [0.4, 0.5) is 10.5 Å². The molecule has 0 aliphatic carbocycles. The zero-order valence-corrected chi connectivity index (χ0v) is 16.3. The molecule has 2 amide bonds. The van der Waals surface area contributed by atoms with Crippen LogP contribution in [-0.2, 0) is 10.0 Å². The molecule has 2 aromatic rings. The third-order valence-corrected chi connectivity index (χ3v) is 5.31. The number of likely N-dealkylation sites (tertiary alicyclic amines) is 1. The monoisotopic (exact) mass is 405 g/mol. The van der Waals surface area contributed by atoms with Gasteiger partial charge in [-0.15, -0.1) is 0 Å². The molecule has 0 saturated carbocycles. The van der Waals surface area contributed by atoms with Gasteiger partial charge in [0.25, 0.3) is 0 Å². The van der Waals surface area contributed by atoms with Crippen molar-refractivity contribution in [1.82, 2.24) is 4.90 Å². The Morgan fingerprint density at radius 1 is 1.18 bits per heavy atom. The van der Waals surface area contributed by atoms with Gasteiger partial charge in [0.05, 0.1) is 12.9 Å². The van der Waals surface area contributed by atoms with E-state index in [9.17, 15) is 13.2 Å². The maximum absolute atomic E-state index is 12.5. The van der Waals surface area contributed by atoms with Gasteiger partial charge in [0.1, 0.15) is 5.75 Å². The lowest BCUT2D eigenvalue weighted by Gasteiger charge is -2.24. The second-order valence-corrected chi connectivity index (χ2v) is 8.19. The number of primary sulfonamides is 1. The number of urea groups is 1. The van der Waals surface area contributed by atoms with Crippen molar-refractivity contribution in [2.24, 2.45) is 5.14 Å². The molecule has 0 bridgehead atoms. The van der Waals surface area contributed by atoms with E-state index in [1.807, 2.05) is 12.1 Å². The van der Waals surface area contributed by atoms with Crippen molar-refractivity contribution in [3.63, 3.8) is 0 Å². The summed E-state index contributed by atoms with van der Waals surface area (Å²) < 4.78 is 33.7. The highest BCUT2D eigenvalue weighted by molar-refractivity contribution is 7.89. The summed E-state index contributed by atoms with van der Waals surface area (Å²) in [4.78, 5) is 14.0. The van der Waals surface area contributed by atoms with Gasteiger partial charge in [-0.3, -0.25) is 0 Å². The molecular weight excluding hydrogens is 382 g/mol. The maximum atomic E-state index is 12.5. The van der Waals surface area contributed by atoms with Crippen LogP contribution in [0.1, 0.15) is 12.8 Å². The first kappa shape index (κ1) is 20.0. The number of hydrogen-bond acceptors (Lipinski definition) is 5. The topological polar surface area (TPSA) is 111 Å². The Balaban J connectivity index is 1.63. The van der Waals surface area contributed by atoms with Gasteiger partial charge in [-0.1, -0.05) is 12.1 Å². The summed E-state index contributed by atoms with van der Waals surface area (Å²) in [5, 5.41) is 7.91. The summed E-state index contributed by atoms with van der Waals surface area (Å²) in [6.07, 6.45) is 1.37. The predicted molar refractivity (Wildman–Crippen MR) is 106 cm³/mol. The summed E-state index contributed by atoms with van der Waals surface area (Å²) in [5.41, 5.74) is 0.582. The van der Waals surface area contributed by atoms with Crippen LogP contribution in [0, 0.1) is 0 Å². The van der Waals surface area contributed by atoms with Crippen LogP contribution < -0.4 is 19.9 Å². The number of nitrogens with two attached hydrogens (primary N) is 1. The van der Waals surface area contributed by atoms with E-state index in [0.717, 1.165) is 6.42 Å². The molecule has 3 N–H and O–H groups in total. The fourth-order valence-electron chi connectivity index (χ4n) is 3.18. The molecular formula is C19H23N3O5S. The number of methoxy groups -OCH3 is 1. The van der Waals surface area contributed by atoms with E-state index in [0.29, 0.717) is 35.9 Å². The largest absolute Gasteiger partial charge is 0.493 e. The highest BCUT2D eigenvalue weighted by Crippen LogP contribution is 2.31. The first-order valence-corrected chi connectivity index (χ1v) is 10.6. The third-order valence-electron chi connectivity index (χ3n) is 4.47. The van der Waals surface area contributed by atoms with Gasteiger partial charge in [0.2, 0.25) is 10.0 Å². The summed E-state index contributed by atoms with van der Waals surface area (Å²) in [6.45, 7) is 0.501. The van der Waals surface area contributed by atoms with Crippen molar-refractivity contribution in [2.45, 2.75) is 18.9 Å². The van der Waals surface area contributed by atoms with Gasteiger partial charge < -0.3 is 19.7 Å². The Labute approximate surface area is 164 Å². The molecule has 8 nitrogen and oxygen atoms in total. The molecule has 0 radical (unpaired) electrons. The summed E-state index contributed by atoms with van der Waals surface area (Å²) >= 11 is 0. The molecule has 9 heteroatoms. The van der Waals surface area contributed by atoms with Gasteiger partial charge in [0.15, 0.2) is 11.5 Å². The van der Waals surface area contributed by atoms with E-state index < -0.39 is 16.1 Å². The van der Waals surface area contributed by atoms with Gasteiger partial charge in [0, 0.05) is 18.3 Å². The zero-order chi connectivity index (χ0) is 20.1. The number of nitrogens with zero attached hydrogens (tertiary/aromatic N) is 1. The SMILES string of the molecule is COc1ccccc1Oc1ccc(NC(=O)N2CCCC2CS(N)(=O)=O)cc1. The van der Waals surface area contributed by atoms with Crippen molar-refractivity contribution in [3.8, 4) is 17.2 Å². The minimum Gasteiger partial charge on any atom is -0.493 e. The molecule has 28 heavy (non-hydrogen) atoms. The lowest BCUT2D eigenvalue weighted by molar-refractivity contribution is 0.210. The molecule has 0 spiro atoms.